The first kappa shape index (κ1) is 15.2. The lowest BCUT2D eigenvalue weighted by molar-refractivity contribution is 0.581. The molecule has 0 spiro atoms. The Morgan fingerprint density at radius 3 is 2.62 bits per heavy atom. The number of pyridine rings is 1. The third-order valence-corrected chi connectivity index (χ3v) is 4.52. The van der Waals surface area contributed by atoms with Crippen molar-refractivity contribution in [1.82, 2.24) is 9.71 Å². The predicted molar refractivity (Wildman–Crippen MR) is 79.0 cm³/mol. The fraction of sp³-hybridized carbons (Fsp3) is 0.200. The average molecular weight is 301 g/mol. The fourth-order valence-corrected chi connectivity index (χ4v) is 2.89. The second kappa shape index (κ2) is 6.48. The van der Waals surface area contributed by atoms with Crippen LogP contribution in [0.15, 0.2) is 47.6 Å². The molecular formula is C15H15N3O2S. The molecule has 0 aliphatic heterocycles. The van der Waals surface area contributed by atoms with Gasteiger partial charge in [0.2, 0.25) is 10.0 Å². The molecule has 2 rings (SSSR count). The quantitative estimate of drug-likeness (QED) is 0.912. The Kier molecular flexibility index (Phi) is 4.68. The second-order valence-electron chi connectivity index (χ2n) is 4.61. The van der Waals surface area contributed by atoms with Gasteiger partial charge in [0.25, 0.3) is 0 Å². The van der Waals surface area contributed by atoms with E-state index < -0.39 is 10.0 Å². The Hall–Kier alpha value is -2.23. The third kappa shape index (κ3) is 3.88. The monoisotopic (exact) mass is 301 g/mol. The molecule has 0 bridgehead atoms. The Morgan fingerprint density at radius 2 is 1.95 bits per heavy atom. The van der Waals surface area contributed by atoms with Crippen LogP contribution in [0.4, 0.5) is 0 Å². The number of nitrogens with one attached hydrogen (secondary N) is 1. The Balaban J connectivity index is 2.03. The van der Waals surface area contributed by atoms with E-state index in [4.69, 9.17) is 5.26 Å². The van der Waals surface area contributed by atoms with E-state index in [1.807, 2.05) is 6.92 Å². The zero-order valence-electron chi connectivity index (χ0n) is 11.6. The van der Waals surface area contributed by atoms with Crippen molar-refractivity contribution in [2.75, 3.05) is 6.54 Å². The Morgan fingerprint density at radius 1 is 1.24 bits per heavy atom. The highest BCUT2D eigenvalue weighted by atomic mass is 32.2. The van der Waals surface area contributed by atoms with Crippen molar-refractivity contribution in [3.8, 4) is 6.07 Å². The van der Waals surface area contributed by atoms with Gasteiger partial charge in [-0.1, -0.05) is 17.7 Å². The van der Waals surface area contributed by atoms with E-state index in [9.17, 15) is 8.42 Å². The van der Waals surface area contributed by atoms with Crippen LogP contribution < -0.4 is 4.72 Å². The van der Waals surface area contributed by atoms with Crippen molar-refractivity contribution >= 4 is 10.0 Å². The van der Waals surface area contributed by atoms with Crippen LogP contribution in [0.5, 0.6) is 0 Å². The number of aryl methyl sites for hydroxylation is 1. The number of rotatable bonds is 5. The minimum Gasteiger partial charge on any atom is -0.264 e. The molecule has 0 saturated carbocycles. The van der Waals surface area contributed by atoms with Gasteiger partial charge in [-0.3, -0.25) is 4.98 Å². The molecule has 21 heavy (non-hydrogen) atoms. The van der Waals surface area contributed by atoms with Gasteiger partial charge in [-0.2, -0.15) is 5.26 Å². The number of nitrogens with zero attached hydrogens (tertiary/aromatic N) is 2. The van der Waals surface area contributed by atoms with E-state index in [-0.39, 0.29) is 11.4 Å². The van der Waals surface area contributed by atoms with E-state index in [1.165, 1.54) is 0 Å². The van der Waals surface area contributed by atoms with E-state index in [1.54, 1.807) is 42.7 Å². The predicted octanol–water partition coefficient (Wildman–Crippen LogP) is 1.78. The van der Waals surface area contributed by atoms with Crippen LogP contribution in [0.3, 0.4) is 0 Å². The molecule has 1 heterocycles. The fourth-order valence-electron chi connectivity index (χ4n) is 1.86. The van der Waals surface area contributed by atoms with E-state index in [0.717, 1.165) is 11.1 Å². The molecule has 1 aromatic heterocycles. The minimum atomic E-state index is -3.52. The SMILES string of the molecule is Cc1ccc(S(=O)(=O)NCCc2cnccc2C#N)cc1. The molecule has 1 aromatic carbocycles. The summed E-state index contributed by atoms with van der Waals surface area (Å²) in [6.45, 7) is 2.12. The maximum Gasteiger partial charge on any atom is 0.240 e. The van der Waals surface area contributed by atoms with Crippen LogP contribution in [0.25, 0.3) is 0 Å². The molecular weight excluding hydrogens is 286 g/mol. The van der Waals surface area contributed by atoms with Gasteiger partial charge < -0.3 is 0 Å². The third-order valence-electron chi connectivity index (χ3n) is 3.04. The average Bonchev–Trinajstić information content (AvgIpc) is 2.48. The van der Waals surface area contributed by atoms with Gasteiger partial charge in [0.05, 0.1) is 16.5 Å². The highest BCUT2D eigenvalue weighted by Crippen LogP contribution is 2.10. The van der Waals surface area contributed by atoms with Gasteiger partial charge in [0, 0.05) is 18.9 Å². The van der Waals surface area contributed by atoms with Crippen LogP contribution >= 0.6 is 0 Å². The first-order valence-corrected chi connectivity index (χ1v) is 7.90. The molecule has 5 nitrogen and oxygen atoms in total. The number of benzene rings is 1. The Labute approximate surface area is 124 Å². The van der Waals surface area contributed by atoms with Crippen LogP contribution in [0.1, 0.15) is 16.7 Å². The largest absolute Gasteiger partial charge is 0.264 e. The first-order chi connectivity index (χ1) is 10.0. The summed E-state index contributed by atoms with van der Waals surface area (Å²) < 4.78 is 26.7. The van der Waals surface area contributed by atoms with Crippen LogP contribution in [0, 0.1) is 18.3 Å². The zero-order chi connectivity index (χ0) is 15.3. The van der Waals surface area contributed by atoms with Crippen LogP contribution in [-0.4, -0.2) is 19.9 Å². The lowest BCUT2D eigenvalue weighted by Gasteiger charge is -2.07. The molecule has 2 aromatic rings. The van der Waals surface area contributed by atoms with Crippen molar-refractivity contribution in [2.45, 2.75) is 18.2 Å². The highest BCUT2D eigenvalue weighted by Gasteiger charge is 2.13. The summed E-state index contributed by atoms with van der Waals surface area (Å²) in [6.07, 6.45) is 3.54. The molecule has 0 atom stereocenters. The molecule has 6 heteroatoms. The summed E-state index contributed by atoms with van der Waals surface area (Å²) in [5, 5.41) is 8.97. The van der Waals surface area contributed by atoms with Gasteiger partial charge >= 0.3 is 0 Å². The van der Waals surface area contributed by atoms with Gasteiger partial charge in [0.1, 0.15) is 0 Å². The van der Waals surface area contributed by atoms with Crippen LogP contribution in [-0.2, 0) is 16.4 Å². The highest BCUT2D eigenvalue weighted by molar-refractivity contribution is 7.89. The summed E-state index contributed by atoms with van der Waals surface area (Å²) in [5.74, 6) is 0. The maximum absolute atomic E-state index is 12.1. The number of nitriles is 1. The van der Waals surface area contributed by atoms with E-state index in [0.29, 0.717) is 12.0 Å². The Bertz CT molecular complexity index is 762. The van der Waals surface area contributed by atoms with Crippen molar-refractivity contribution < 1.29 is 8.42 Å². The van der Waals surface area contributed by atoms with Crippen molar-refractivity contribution in [2.24, 2.45) is 0 Å². The van der Waals surface area contributed by atoms with E-state index >= 15 is 0 Å². The summed E-state index contributed by atoms with van der Waals surface area (Å²) in [5.41, 5.74) is 2.24. The van der Waals surface area contributed by atoms with Gasteiger partial charge in [-0.15, -0.1) is 0 Å². The minimum absolute atomic E-state index is 0.219. The molecule has 0 saturated heterocycles. The number of hydrogen-bond donors (Lipinski definition) is 1. The normalized spacial score (nSPS) is 11.0. The molecule has 0 fully saturated rings. The molecule has 0 amide bonds. The van der Waals surface area contributed by atoms with Crippen molar-refractivity contribution in [3.05, 3.63) is 59.4 Å². The maximum atomic E-state index is 12.1. The summed E-state index contributed by atoms with van der Waals surface area (Å²) in [4.78, 5) is 4.18. The van der Waals surface area contributed by atoms with Crippen LogP contribution in [0.2, 0.25) is 0 Å². The van der Waals surface area contributed by atoms with E-state index in [2.05, 4.69) is 15.8 Å². The van der Waals surface area contributed by atoms with Gasteiger partial charge in [0.15, 0.2) is 0 Å². The molecule has 108 valence electrons. The smallest absolute Gasteiger partial charge is 0.240 e. The number of aromatic nitrogens is 1. The molecule has 0 aliphatic carbocycles. The summed E-state index contributed by atoms with van der Waals surface area (Å²) in [6, 6.07) is 10.3. The summed E-state index contributed by atoms with van der Waals surface area (Å²) in [7, 11) is -3.52. The molecule has 0 radical (unpaired) electrons. The standard InChI is InChI=1S/C15H15N3O2S/c1-12-2-4-15(5-3-12)21(19,20)18-9-7-14-11-17-8-6-13(14)10-16/h2-6,8,11,18H,7,9H2,1H3. The number of hydrogen-bond acceptors (Lipinski definition) is 4. The lowest BCUT2D eigenvalue weighted by Crippen LogP contribution is -2.26. The topological polar surface area (TPSA) is 82.8 Å². The van der Waals surface area contributed by atoms with Gasteiger partial charge in [-0.25, -0.2) is 13.1 Å². The zero-order valence-corrected chi connectivity index (χ0v) is 12.4. The molecule has 0 aliphatic rings. The summed E-state index contributed by atoms with van der Waals surface area (Å²) >= 11 is 0. The molecule has 1 N–H and O–H groups in total. The number of sulfonamides is 1. The molecule has 0 unspecified atom stereocenters. The van der Waals surface area contributed by atoms with Gasteiger partial charge in [-0.05, 0) is 37.1 Å². The first-order valence-electron chi connectivity index (χ1n) is 6.42. The lowest BCUT2D eigenvalue weighted by atomic mass is 10.1. The van der Waals surface area contributed by atoms with Crippen molar-refractivity contribution in [3.63, 3.8) is 0 Å². The van der Waals surface area contributed by atoms with Crippen molar-refractivity contribution in [1.29, 1.82) is 5.26 Å². The second-order valence-corrected chi connectivity index (χ2v) is 6.37.